The molecule has 2 aliphatic heterocycles. The van der Waals surface area contributed by atoms with Gasteiger partial charge in [-0.3, -0.25) is 9.59 Å². The lowest BCUT2D eigenvalue weighted by Crippen LogP contribution is -2.08. The van der Waals surface area contributed by atoms with Crippen LogP contribution in [-0.4, -0.2) is 64.4 Å². The van der Waals surface area contributed by atoms with E-state index >= 15 is 0 Å². The number of rotatable bonds is 12. The summed E-state index contributed by atoms with van der Waals surface area (Å²) in [4.78, 5) is 26.5. The summed E-state index contributed by atoms with van der Waals surface area (Å²) in [6.45, 7) is 11.1. The summed E-state index contributed by atoms with van der Waals surface area (Å²) >= 11 is 14.9. The van der Waals surface area contributed by atoms with Crippen LogP contribution in [0.25, 0.3) is 10.8 Å². The first kappa shape index (κ1) is 31.3. The van der Waals surface area contributed by atoms with Gasteiger partial charge in [0.15, 0.2) is 0 Å². The molecule has 38 heavy (non-hydrogen) atoms. The second kappa shape index (κ2) is 15.5. The summed E-state index contributed by atoms with van der Waals surface area (Å²) in [5, 5.41) is 3.99. The van der Waals surface area contributed by atoms with Crippen LogP contribution in [0.15, 0.2) is 70.5 Å². The normalized spacial score (nSPS) is 23.1. The van der Waals surface area contributed by atoms with E-state index in [9.17, 15) is 9.59 Å². The molecular weight excluding hydrogens is 625 g/mol. The Kier molecular flexibility index (Phi) is 12.8. The van der Waals surface area contributed by atoms with Crippen LogP contribution in [0, 0.1) is 0 Å². The summed E-state index contributed by atoms with van der Waals surface area (Å²) in [6.07, 6.45) is 0. The van der Waals surface area contributed by atoms with Crippen molar-refractivity contribution >= 4 is 115 Å². The van der Waals surface area contributed by atoms with Gasteiger partial charge in [-0.05, 0) is 47.9 Å². The molecule has 0 N–H and O–H groups in total. The van der Waals surface area contributed by atoms with Gasteiger partial charge in [-0.2, -0.15) is 0 Å². The van der Waals surface area contributed by atoms with Crippen molar-refractivity contribution in [1.82, 2.24) is 0 Å². The molecule has 2 heterocycles. The number of benzene rings is 2. The van der Waals surface area contributed by atoms with Crippen LogP contribution in [0.4, 0.5) is 0 Å². The minimum Gasteiger partial charge on any atom is -0.282 e. The third-order valence-corrected chi connectivity index (χ3v) is 18.2. The summed E-state index contributed by atoms with van der Waals surface area (Å²) in [5.74, 6) is 6.13. The monoisotopic (exact) mass is 656 g/mol. The molecule has 0 aliphatic carbocycles. The SMILES string of the molecule is C=C(C)C(=O)SCC1CSC(CSc2cccc3c(SCC4SCC(CSC(=O)C(=C)C)S4)cccc23)S1. The van der Waals surface area contributed by atoms with E-state index in [1.165, 1.54) is 44.1 Å². The lowest BCUT2D eigenvalue weighted by molar-refractivity contribution is -0.108. The first-order chi connectivity index (χ1) is 18.3. The maximum atomic E-state index is 11.9. The number of carbonyl (C=O) groups is 2. The van der Waals surface area contributed by atoms with Crippen molar-refractivity contribution in [3.8, 4) is 0 Å². The molecule has 4 unspecified atom stereocenters. The Balaban J connectivity index is 1.27. The molecule has 0 saturated carbocycles. The molecule has 4 atom stereocenters. The van der Waals surface area contributed by atoms with Crippen LogP contribution >= 0.6 is 94.1 Å². The Morgan fingerprint density at radius 3 is 1.55 bits per heavy atom. The highest BCUT2D eigenvalue weighted by Gasteiger charge is 2.28. The molecule has 0 bridgehead atoms. The molecule has 2 saturated heterocycles. The zero-order valence-corrected chi connectivity index (χ0v) is 28.0. The summed E-state index contributed by atoms with van der Waals surface area (Å²) in [7, 11) is 0. The van der Waals surface area contributed by atoms with Gasteiger partial charge in [-0.15, -0.1) is 70.6 Å². The minimum atomic E-state index is 0.122. The Labute approximate surface area is 261 Å². The Bertz CT molecular complexity index is 1090. The van der Waals surface area contributed by atoms with Crippen molar-refractivity contribution in [2.75, 3.05) is 34.5 Å². The molecule has 2 fully saturated rings. The van der Waals surface area contributed by atoms with Crippen molar-refractivity contribution in [3.63, 3.8) is 0 Å². The highest BCUT2D eigenvalue weighted by molar-refractivity contribution is 8.23. The van der Waals surface area contributed by atoms with Crippen LogP contribution in [0.3, 0.4) is 0 Å². The van der Waals surface area contributed by atoms with E-state index in [2.05, 4.69) is 49.6 Å². The first-order valence-corrected chi connectivity index (χ1v) is 20.2. The maximum absolute atomic E-state index is 11.9. The van der Waals surface area contributed by atoms with E-state index < -0.39 is 0 Å². The predicted molar refractivity (Wildman–Crippen MR) is 185 cm³/mol. The van der Waals surface area contributed by atoms with Gasteiger partial charge in [0.25, 0.3) is 0 Å². The molecule has 204 valence electrons. The standard InChI is InChI=1S/C28H32O2S8/c1-17(2)27(29)35-13-19-11-33-25(37-19)15-31-23-9-5-8-22-21(23)7-6-10-24(22)32-16-26-34-12-20(38-26)14-36-28(30)18(3)4/h5-10,19-20,25-26H,1,3,11-16H2,2,4H3. The molecule has 2 aromatic carbocycles. The molecule has 0 aromatic heterocycles. The summed E-state index contributed by atoms with van der Waals surface area (Å²) < 4.78 is 1.12. The molecule has 0 radical (unpaired) electrons. The topological polar surface area (TPSA) is 34.1 Å². The number of carbonyl (C=O) groups excluding carboxylic acids is 2. The van der Waals surface area contributed by atoms with Gasteiger partial charge in [0.1, 0.15) is 0 Å². The van der Waals surface area contributed by atoms with Crippen molar-refractivity contribution in [1.29, 1.82) is 0 Å². The summed E-state index contributed by atoms with van der Waals surface area (Å²) in [6, 6.07) is 13.4. The van der Waals surface area contributed by atoms with Gasteiger partial charge in [0.05, 0.1) is 9.16 Å². The van der Waals surface area contributed by atoms with Gasteiger partial charge in [-0.25, -0.2) is 0 Å². The second-order valence-electron chi connectivity index (χ2n) is 9.03. The molecule has 10 heteroatoms. The van der Waals surface area contributed by atoms with Gasteiger partial charge >= 0.3 is 0 Å². The zero-order valence-electron chi connectivity index (χ0n) is 21.5. The van der Waals surface area contributed by atoms with E-state index in [1.807, 2.05) is 70.6 Å². The quantitative estimate of drug-likeness (QED) is 0.163. The predicted octanol–water partition coefficient (Wildman–Crippen LogP) is 9.05. The Morgan fingerprint density at radius 1 is 0.737 bits per heavy atom. The molecule has 2 aromatic rings. The maximum Gasteiger partial charge on any atom is 0.214 e. The fourth-order valence-electron chi connectivity index (χ4n) is 3.77. The average molecular weight is 657 g/mol. The first-order valence-electron chi connectivity index (χ1n) is 12.3. The lowest BCUT2D eigenvalue weighted by atomic mass is 10.1. The zero-order chi connectivity index (χ0) is 27.1. The number of fused-ring (bicyclic) bond motifs is 1. The molecule has 2 nitrogen and oxygen atoms in total. The fraction of sp³-hybridized carbons (Fsp3) is 0.429. The van der Waals surface area contributed by atoms with Gasteiger partial charge in [0.2, 0.25) is 10.2 Å². The number of hydrogen-bond acceptors (Lipinski definition) is 10. The molecular formula is C28H32O2S8. The fourth-order valence-corrected chi connectivity index (χ4v) is 15.5. The van der Waals surface area contributed by atoms with Crippen LogP contribution in [0.5, 0.6) is 0 Å². The van der Waals surface area contributed by atoms with Gasteiger partial charge in [0, 0.05) is 54.8 Å². The van der Waals surface area contributed by atoms with Crippen molar-refractivity contribution in [2.45, 2.75) is 43.3 Å². The van der Waals surface area contributed by atoms with Crippen LogP contribution in [0.2, 0.25) is 0 Å². The van der Waals surface area contributed by atoms with Crippen LogP contribution in [-0.2, 0) is 9.59 Å². The van der Waals surface area contributed by atoms with E-state index in [0.29, 0.717) is 30.8 Å². The van der Waals surface area contributed by atoms with Crippen molar-refractivity contribution in [3.05, 3.63) is 60.7 Å². The van der Waals surface area contributed by atoms with E-state index in [1.54, 1.807) is 13.8 Å². The van der Waals surface area contributed by atoms with Gasteiger partial charge in [-0.1, -0.05) is 60.9 Å². The number of thioether (sulfide) groups is 8. The number of hydrogen-bond donors (Lipinski definition) is 0. The highest BCUT2D eigenvalue weighted by Crippen LogP contribution is 2.45. The Hall–Kier alpha value is 0.320. The summed E-state index contributed by atoms with van der Waals surface area (Å²) in [5.41, 5.74) is 1.28. The third-order valence-electron chi connectivity index (χ3n) is 5.71. The highest BCUT2D eigenvalue weighted by atomic mass is 32.2. The lowest BCUT2D eigenvalue weighted by Gasteiger charge is -2.14. The average Bonchev–Trinajstić information content (AvgIpc) is 3.57. The third kappa shape index (κ3) is 9.16. The van der Waals surface area contributed by atoms with Crippen molar-refractivity contribution in [2.24, 2.45) is 0 Å². The Morgan fingerprint density at radius 2 is 1.16 bits per heavy atom. The van der Waals surface area contributed by atoms with E-state index in [4.69, 9.17) is 0 Å². The van der Waals surface area contributed by atoms with E-state index in [-0.39, 0.29) is 10.2 Å². The molecule has 4 rings (SSSR count). The largest absolute Gasteiger partial charge is 0.282 e. The minimum absolute atomic E-state index is 0.122. The molecule has 0 amide bonds. The van der Waals surface area contributed by atoms with Crippen molar-refractivity contribution < 1.29 is 9.59 Å². The molecule has 2 aliphatic rings. The second-order valence-corrected chi connectivity index (χ2v) is 19.2. The van der Waals surface area contributed by atoms with E-state index in [0.717, 1.165) is 34.5 Å². The van der Waals surface area contributed by atoms with Crippen LogP contribution in [0.1, 0.15) is 13.8 Å². The molecule has 0 spiro atoms. The smallest absolute Gasteiger partial charge is 0.214 e. The van der Waals surface area contributed by atoms with Gasteiger partial charge < -0.3 is 0 Å². The van der Waals surface area contributed by atoms with Crippen LogP contribution < -0.4 is 0 Å².